The summed E-state index contributed by atoms with van der Waals surface area (Å²) in [5.41, 5.74) is -3.70. The van der Waals surface area contributed by atoms with E-state index in [0.29, 0.717) is 12.1 Å². The van der Waals surface area contributed by atoms with Gasteiger partial charge in [0.25, 0.3) is 5.91 Å². The Bertz CT molecular complexity index is 445. The zero-order valence-electron chi connectivity index (χ0n) is 9.62. The van der Waals surface area contributed by atoms with E-state index >= 15 is 0 Å². The number of amides is 1. The fourth-order valence-corrected chi connectivity index (χ4v) is 1.35. The molecule has 0 aromatic heterocycles. The van der Waals surface area contributed by atoms with E-state index in [0.717, 1.165) is 0 Å². The fourth-order valence-electron chi connectivity index (χ4n) is 1.35. The molecule has 0 aliphatic heterocycles. The predicted octanol–water partition coefficient (Wildman–Crippen LogP) is 3.47. The van der Waals surface area contributed by atoms with Gasteiger partial charge in [-0.3, -0.25) is 4.79 Å². The smallest absolute Gasteiger partial charge is 0.352 e. The van der Waals surface area contributed by atoms with Gasteiger partial charge in [-0.15, -0.1) is 0 Å². The molecule has 0 saturated heterocycles. The average molecular weight is 285 g/mol. The summed E-state index contributed by atoms with van der Waals surface area (Å²) in [6.45, 7) is 1.59. The maximum absolute atomic E-state index is 12.5. The average Bonchev–Trinajstić information content (AvgIpc) is 2.26. The van der Waals surface area contributed by atoms with Crippen LogP contribution in [-0.2, 0) is 12.4 Å². The van der Waals surface area contributed by atoms with E-state index in [1.54, 1.807) is 0 Å². The van der Waals surface area contributed by atoms with Crippen molar-refractivity contribution >= 4 is 5.91 Å². The highest BCUT2D eigenvalue weighted by molar-refractivity contribution is 5.94. The van der Waals surface area contributed by atoms with E-state index < -0.39 is 35.0 Å². The van der Waals surface area contributed by atoms with Crippen LogP contribution in [0.4, 0.5) is 26.3 Å². The van der Waals surface area contributed by atoms with Crippen LogP contribution in [0.5, 0.6) is 0 Å². The SMILES string of the molecule is CCNC(=O)c1cc(C(F)(F)F)cc(C(F)(F)F)c1. The van der Waals surface area contributed by atoms with Crippen LogP contribution in [-0.4, -0.2) is 12.5 Å². The van der Waals surface area contributed by atoms with Gasteiger partial charge in [0, 0.05) is 12.1 Å². The van der Waals surface area contributed by atoms with Crippen LogP contribution in [0.25, 0.3) is 0 Å². The second-order valence-corrected chi connectivity index (χ2v) is 3.65. The summed E-state index contributed by atoms with van der Waals surface area (Å²) >= 11 is 0. The zero-order valence-corrected chi connectivity index (χ0v) is 9.62. The van der Waals surface area contributed by atoms with Crippen molar-refractivity contribution in [3.63, 3.8) is 0 Å². The quantitative estimate of drug-likeness (QED) is 0.828. The molecule has 0 atom stereocenters. The largest absolute Gasteiger partial charge is 0.416 e. The first-order valence-electron chi connectivity index (χ1n) is 5.13. The molecule has 0 saturated carbocycles. The fraction of sp³-hybridized carbons (Fsp3) is 0.364. The maximum Gasteiger partial charge on any atom is 0.416 e. The Morgan fingerprint density at radius 2 is 1.42 bits per heavy atom. The molecule has 1 amide bonds. The van der Waals surface area contributed by atoms with Crippen molar-refractivity contribution in [2.24, 2.45) is 0 Å². The minimum absolute atomic E-state index is 0.0251. The molecule has 8 heteroatoms. The first-order chi connectivity index (χ1) is 8.55. The molecule has 0 bridgehead atoms. The third-order valence-electron chi connectivity index (χ3n) is 2.19. The van der Waals surface area contributed by atoms with Crippen LogP contribution < -0.4 is 5.32 Å². The number of hydrogen-bond donors (Lipinski definition) is 1. The van der Waals surface area contributed by atoms with E-state index in [1.807, 2.05) is 0 Å². The number of rotatable bonds is 2. The molecule has 1 aromatic rings. The van der Waals surface area contributed by atoms with Gasteiger partial charge in [-0.05, 0) is 25.1 Å². The highest BCUT2D eigenvalue weighted by Crippen LogP contribution is 2.36. The van der Waals surface area contributed by atoms with Gasteiger partial charge >= 0.3 is 12.4 Å². The molecule has 0 fully saturated rings. The summed E-state index contributed by atoms with van der Waals surface area (Å²) in [7, 11) is 0. The molecule has 0 unspecified atom stereocenters. The van der Waals surface area contributed by atoms with Crippen molar-refractivity contribution in [1.29, 1.82) is 0 Å². The summed E-state index contributed by atoms with van der Waals surface area (Å²) in [5.74, 6) is -0.987. The summed E-state index contributed by atoms with van der Waals surface area (Å²) in [5, 5.41) is 2.15. The highest BCUT2D eigenvalue weighted by Gasteiger charge is 2.37. The molecular weight excluding hydrogens is 276 g/mol. The number of benzene rings is 1. The summed E-state index contributed by atoms with van der Waals surface area (Å²) in [6.07, 6.45) is -9.91. The van der Waals surface area contributed by atoms with E-state index in [-0.39, 0.29) is 12.6 Å². The van der Waals surface area contributed by atoms with Crippen molar-refractivity contribution in [1.82, 2.24) is 5.32 Å². The second kappa shape index (κ2) is 5.10. The first kappa shape index (κ1) is 15.3. The lowest BCUT2D eigenvalue weighted by atomic mass is 10.0. The molecule has 1 aromatic carbocycles. The van der Waals surface area contributed by atoms with Crippen LogP contribution in [0.1, 0.15) is 28.4 Å². The summed E-state index contributed by atoms with van der Waals surface area (Å²) in [6, 6.07) is 0.753. The molecule has 0 aliphatic rings. The minimum Gasteiger partial charge on any atom is -0.352 e. The summed E-state index contributed by atoms with van der Waals surface area (Å²) in [4.78, 5) is 11.4. The number of alkyl halides is 6. The van der Waals surface area contributed by atoms with Gasteiger partial charge in [-0.25, -0.2) is 0 Å². The Balaban J connectivity index is 3.37. The monoisotopic (exact) mass is 285 g/mol. The molecule has 19 heavy (non-hydrogen) atoms. The van der Waals surface area contributed by atoms with Gasteiger partial charge in [0.15, 0.2) is 0 Å². The van der Waals surface area contributed by atoms with E-state index in [2.05, 4.69) is 5.32 Å². The van der Waals surface area contributed by atoms with Crippen molar-refractivity contribution < 1.29 is 31.1 Å². The van der Waals surface area contributed by atoms with E-state index in [1.165, 1.54) is 6.92 Å². The molecule has 0 radical (unpaired) electrons. The second-order valence-electron chi connectivity index (χ2n) is 3.65. The number of halogens is 6. The molecule has 106 valence electrons. The molecular formula is C11H9F6NO. The van der Waals surface area contributed by atoms with Gasteiger partial charge in [0.1, 0.15) is 0 Å². The minimum atomic E-state index is -4.96. The van der Waals surface area contributed by atoms with Crippen LogP contribution in [0.2, 0.25) is 0 Å². The van der Waals surface area contributed by atoms with Gasteiger partial charge in [-0.2, -0.15) is 26.3 Å². The number of carbonyl (C=O) groups is 1. The third-order valence-corrected chi connectivity index (χ3v) is 2.19. The first-order valence-corrected chi connectivity index (χ1v) is 5.13. The van der Waals surface area contributed by atoms with E-state index in [9.17, 15) is 31.1 Å². The lowest BCUT2D eigenvalue weighted by Crippen LogP contribution is -2.24. The van der Waals surface area contributed by atoms with Crippen LogP contribution in [0.15, 0.2) is 18.2 Å². The van der Waals surface area contributed by atoms with Crippen molar-refractivity contribution in [3.05, 3.63) is 34.9 Å². The predicted molar refractivity (Wildman–Crippen MR) is 54.5 cm³/mol. The molecule has 1 N–H and O–H groups in total. The Kier molecular flexibility index (Phi) is 4.12. The molecule has 2 nitrogen and oxygen atoms in total. The van der Waals surface area contributed by atoms with Gasteiger partial charge < -0.3 is 5.32 Å². The van der Waals surface area contributed by atoms with Crippen molar-refractivity contribution in [2.45, 2.75) is 19.3 Å². The lowest BCUT2D eigenvalue weighted by molar-refractivity contribution is -0.143. The van der Waals surface area contributed by atoms with Gasteiger partial charge in [0.05, 0.1) is 11.1 Å². The van der Waals surface area contributed by atoms with Crippen LogP contribution in [0, 0.1) is 0 Å². The van der Waals surface area contributed by atoms with Crippen LogP contribution >= 0.6 is 0 Å². The summed E-state index contributed by atoms with van der Waals surface area (Å²) < 4.78 is 74.9. The molecule has 1 rings (SSSR count). The van der Waals surface area contributed by atoms with Gasteiger partial charge in [0.2, 0.25) is 0 Å². The number of nitrogens with one attached hydrogen (secondary N) is 1. The zero-order chi connectivity index (χ0) is 14.8. The van der Waals surface area contributed by atoms with Crippen molar-refractivity contribution in [3.8, 4) is 0 Å². The normalized spacial score (nSPS) is 12.4. The number of hydrogen-bond acceptors (Lipinski definition) is 1. The Morgan fingerprint density at radius 3 is 1.74 bits per heavy atom. The van der Waals surface area contributed by atoms with Crippen LogP contribution in [0.3, 0.4) is 0 Å². The molecule has 0 aliphatic carbocycles. The third kappa shape index (κ3) is 3.87. The number of carbonyl (C=O) groups excluding carboxylic acids is 1. The maximum atomic E-state index is 12.5. The van der Waals surface area contributed by atoms with E-state index in [4.69, 9.17) is 0 Å². The van der Waals surface area contributed by atoms with Crippen molar-refractivity contribution in [2.75, 3.05) is 6.54 Å². The lowest BCUT2D eigenvalue weighted by Gasteiger charge is -2.13. The molecule has 0 spiro atoms. The topological polar surface area (TPSA) is 29.1 Å². The standard InChI is InChI=1S/C11H9F6NO/c1-2-18-9(19)6-3-7(10(12,13)14)5-8(4-6)11(15,16)17/h3-5H,2H2,1H3,(H,18,19). The van der Waals surface area contributed by atoms with Gasteiger partial charge in [-0.1, -0.05) is 0 Å². The highest BCUT2D eigenvalue weighted by atomic mass is 19.4. The Labute approximate surface area is 104 Å². The molecule has 0 heterocycles. The Hall–Kier alpha value is -1.73. The Morgan fingerprint density at radius 1 is 1.00 bits per heavy atom.